The van der Waals surface area contributed by atoms with Crippen LogP contribution >= 0.6 is 15.9 Å². The number of nitrogens with one attached hydrogen (secondary N) is 1. The molecule has 0 unspecified atom stereocenters. The lowest BCUT2D eigenvalue weighted by atomic mass is 10.0. The van der Waals surface area contributed by atoms with E-state index in [1.807, 2.05) is 0 Å². The second-order valence-corrected chi connectivity index (χ2v) is 6.33. The highest BCUT2D eigenvalue weighted by atomic mass is 79.9. The first-order valence-corrected chi connectivity index (χ1v) is 8.36. The summed E-state index contributed by atoms with van der Waals surface area (Å²) in [5.74, 6) is -2.37. The van der Waals surface area contributed by atoms with Gasteiger partial charge < -0.3 is 15.5 Å². The van der Waals surface area contributed by atoms with Gasteiger partial charge in [-0.2, -0.15) is 13.2 Å². The van der Waals surface area contributed by atoms with Gasteiger partial charge in [0.15, 0.2) is 6.10 Å². The van der Waals surface area contributed by atoms with Gasteiger partial charge in [0.05, 0.1) is 5.56 Å². The van der Waals surface area contributed by atoms with E-state index in [9.17, 15) is 33.0 Å². The van der Waals surface area contributed by atoms with E-state index < -0.39 is 35.8 Å². The van der Waals surface area contributed by atoms with Crippen molar-refractivity contribution < 1.29 is 33.0 Å². The number of carboxylic acid groups (broad SMARTS) is 1. The van der Waals surface area contributed by atoms with Crippen molar-refractivity contribution >= 4 is 27.8 Å². The Morgan fingerprint density at radius 3 is 2.33 bits per heavy atom. The molecule has 2 atom stereocenters. The van der Waals surface area contributed by atoms with Crippen LogP contribution in [0.3, 0.4) is 0 Å². The van der Waals surface area contributed by atoms with Crippen molar-refractivity contribution in [2.45, 2.75) is 24.7 Å². The fourth-order valence-electron chi connectivity index (χ4n) is 2.25. The number of hydrogen-bond donors (Lipinski definition) is 3. The van der Waals surface area contributed by atoms with Crippen LogP contribution in [-0.4, -0.2) is 33.1 Å². The summed E-state index contributed by atoms with van der Waals surface area (Å²) in [6.07, 6.45) is -4.96. The van der Waals surface area contributed by atoms with E-state index in [1.54, 1.807) is 12.1 Å². The third-order valence-electron chi connectivity index (χ3n) is 3.68. The minimum Gasteiger partial charge on any atom is -0.480 e. The highest BCUT2D eigenvalue weighted by Gasteiger charge is 2.31. The van der Waals surface area contributed by atoms with E-state index in [2.05, 4.69) is 26.2 Å². The van der Waals surface area contributed by atoms with Gasteiger partial charge >= 0.3 is 12.1 Å². The van der Waals surface area contributed by atoms with Crippen molar-refractivity contribution in [2.24, 2.45) is 0 Å². The molecule has 10 heteroatoms. The molecule has 27 heavy (non-hydrogen) atoms. The summed E-state index contributed by atoms with van der Waals surface area (Å²) in [7, 11) is 0. The Labute approximate surface area is 160 Å². The number of aliphatic carboxylic acids is 1. The van der Waals surface area contributed by atoms with Gasteiger partial charge in [-0.05, 0) is 45.3 Å². The Balaban J connectivity index is 2.10. The summed E-state index contributed by atoms with van der Waals surface area (Å²) in [6.45, 7) is 0. The van der Waals surface area contributed by atoms with Gasteiger partial charge in [-0.25, -0.2) is 9.78 Å². The van der Waals surface area contributed by atoms with Gasteiger partial charge in [0, 0.05) is 12.6 Å². The minimum atomic E-state index is -4.54. The monoisotopic (exact) mass is 446 g/mol. The van der Waals surface area contributed by atoms with Gasteiger partial charge in [-0.1, -0.05) is 18.2 Å². The smallest absolute Gasteiger partial charge is 0.416 e. The Hall–Kier alpha value is -2.46. The first-order chi connectivity index (χ1) is 12.6. The Morgan fingerprint density at radius 1 is 1.19 bits per heavy atom. The number of alkyl halides is 3. The molecule has 0 aliphatic carbocycles. The number of benzene rings is 1. The number of carboxylic acids is 1. The van der Waals surface area contributed by atoms with Crippen LogP contribution in [-0.2, 0) is 22.2 Å². The lowest BCUT2D eigenvalue weighted by molar-refractivity contribution is -0.143. The number of halogens is 4. The molecule has 0 fully saturated rings. The summed E-state index contributed by atoms with van der Waals surface area (Å²) in [6, 6.07) is 5.23. The highest BCUT2D eigenvalue weighted by Crippen LogP contribution is 2.30. The fourth-order valence-corrected chi connectivity index (χ4v) is 2.66. The number of pyridine rings is 1. The molecule has 0 bridgehead atoms. The van der Waals surface area contributed by atoms with Crippen molar-refractivity contribution in [3.8, 4) is 0 Å². The van der Waals surface area contributed by atoms with Crippen LogP contribution in [0.5, 0.6) is 0 Å². The second kappa shape index (κ2) is 8.49. The van der Waals surface area contributed by atoms with Crippen molar-refractivity contribution in [1.82, 2.24) is 10.3 Å². The third kappa shape index (κ3) is 5.51. The summed E-state index contributed by atoms with van der Waals surface area (Å²) in [4.78, 5) is 27.5. The SMILES string of the molecule is O=C(O)[C@H](Cc1cccnc1Br)NC(=O)[C@@H](O)c1ccc(C(F)(F)F)cc1. The molecule has 0 radical (unpaired) electrons. The molecule has 1 aromatic heterocycles. The maximum Gasteiger partial charge on any atom is 0.416 e. The standard InChI is InChI=1S/C17H14BrF3N2O4/c18-14-10(2-1-7-22-14)8-12(16(26)27)23-15(25)13(24)9-3-5-11(6-4-9)17(19,20)21/h1-7,12-13,24H,8H2,(H,23,25)(H,26,27)/t12-,13-/m0/s1. The number of carbonyl (C=O) groups excluding carboxylic acids is 1. The van der Waals surface area contributed by atoms with Crippen molar-refractivity contribution in [1.29, 1.82) is 0 Å². The number of rotatable bonds is 6. The predicted octanol–water partition coefficient (Wildman–Crippen LogP) is 2.71. The maximum atomic E-state index is 12.6. The van der Waals surface area contributed by atoms with Gasteiger partial charge in [-0.15, -0.1) is 0 Å². The predicted molar refractivity (Wildman–Crippen MR) is 91.6 cm³/mol. The molecule has 0 saturated carbocycles. The van der Waals surface area contributed by atoms with Gasteiger partial charge in [0.1, 0.15) is 10.6 Å². The third-order valence-corrected chi connectivity index (χ3v) is 4.39. The molecule has 0 spiro atoms. The largest absolute Gasteiger partial charge is 0.480 e. The van der Waals surface area contributed by atoms with Crippen LogP contribution in [0.2, 0.25) is 0 Å². The topological polar surface area (TPSA) is 99.5 Å². The van der Waals surface area contributed by atoms with E-state index in [1.165, 1.54) is 6.20 Å². The molecule has 2 rings (SSSR count). The second-order valence-electron chi connectivity index (χ2n) is 5.58. The quantitative estimate of drug-likeness (QED) is 0.592. The van der Waals surface area contributed by atoms with Crippen LogP contribution < -0.4 is 5.32 Å². The average Bonchev–Trinajstić information content (AvgIpc) is 2.61. The Kier molecular flexibility index (Phi) is 6.55. The first kappa shape index (κ1) is 20.8. The number of aliphatic hydroxyl groups excluding tert-OH is 1. The van der Waals surface area contributed by atoms with Crippen LogP contribution in [0.25, 0.3) is 0 Å². The zero-order valence-electron chi connectivity index (χ0n) is 13.6. The number of amides is 1. The number of nitrogens with zero attached hydrogens (tertiary/aromatic N) is 1. The Morgan fingerprint density at radius 2 is 1.81 bits per heavy atom. The van der Waals surface area contributed by atoms with Gasteiger partial charge in [0.25, 0.3) is 5.91 Å². The molecule has 144 valence electrons. The van der Waals surface area contributed by atoms with Crippen LogP contribution in [0.1, 0.15) is 22.8 Å². The minimum absolute atomic E-state index is 0.0906. The number of carbonyl (C=O) groups is 2. The van der Waals surface area contributed by atoms with Gasteiger partial charge in [-0.3, -0.25) is 4.79 Å². The van der Waals surface area contributed by atoms with E-state index >= 15 is 0 Å². The van der Waals surface area contributed by atoms with E-state index in [0.29, 0.717) is 10.2 Å². The summed E-state index contributed by atoms with van der Waals surface area (Å²) in [5.41, 5.74) is -0.495. The lowest BCUT2D eigenvalue weighted by Crippen LogP contribution is -2.44. The number of hydrogen-bond acceptors (Lipinski definition) is 4. The summed E-state index contributed by atoms with van der Waals surface area (Å²) >= 11 is 3.17. The molecule has 0 saturated heterocycles. The molecule has 1 heterocycles. The summed E-state index contributed by atoms with van der Waals surface area (Å²) < 4.78 is 38.1. The van der Waals surface area contributed by atoms with Crippen molar-refractivity contribution in [3.05, 3.63) is 63.9 Å². The Bertz CT molecular complexity index is 828. The molecular weight excluding hydrogens is 433 g/mol. The van der Waals surface area contributed by atoms with Crippen molar-refractivity contribution in [2.75, 3.05) is 0 Å². The maximum absolute atomic E-state index is 12.6. The zero-order chi connectivity index (χ0) is 20.2. The van der Waals surface area contributed by atoms with E-state index in [0.717, 1.165) is 24.3 Å². The first-order valence-electron chi connectivity index (χ1n) is 7.57. The normalized spacial score (nSPS) is 13.7. The molecule has 1 amide bonds. The highest BCUT2D eigenvalue weighted by molar-refractivity contribution is 9.10. The lowest BCUT2D eigenvalue weighted by Gasteiger charge is -2.18. The molecule has 6 nitrogen and oxygen atoms in total. The number of aromatic nitrogens is 1. The van der Waals surface area contributed by atoms with E-state index in [-0.39, 0.29) is 12.0 Å². The average molecular weight is 447 g/mol. The van der Waals surface area contributed by atoms with Crippen LogP contribution in [0.4, 0.5) is 13.2 Å². The fraction of sp³-hybridized carbons (Fsp3) is 0.235. The summed E-state index contributed by atoms with van der Waals surface area (Å²) in [5, 5.41) is 21.5. The van der Waals surface area contributed by atoms with E-state index in [4.69, 9.17) is 0 Å². The molecule has 1 aromatic carbocycles. The van der Waals surface area contributed by atoms with Gasteiger partial charge in [0.2, 0.25) is 0 Å². The zero-order valence-corrected chi connectivity index (χ0v) is 15.2. The van der Waals surface area contributed by atoms with Crippen molar-refractivity contribution in [3.63, 3.8) is 0 Å². The van der Waals surface area contributed by atoms with Crippen LogP contribution in [0.15, 0.2) is 47.2 Å². The van der Waals surface area contributed by atoms with Crippen LogP contribution in [0, 0.1) is 0 Å². The molecular formula is C17H14BrF3N2O4. The number of aliphatic hydroxyl groups is 1. The molecule has 3 N–H and O–H groups in total. The molecule has 0 aliphatic rings. The molecule has 2 aromatic rings. The molecule has 0 aliphatic heterocycles.